The summed E-state index contributed by atoms with van der Waals surface area (Å²) < 4.78 is 5.96. The van der Waals surface area contributed by atoms with Crippen molar-refractivity contribution in [3.63, 3.8) is 0 Å². The van der Waals surface area contributed by atoms with Gasteiger partial charge in [-0.05, 0) is 36.6 Å². The van der Waals surface area contributed by atoms with E-state index < -0.39 is 0 Å². The van der Waals surface area contributed by atoms with Crippen LogP contribution in [-0.2, 0) is 17.8 Å². The van der Waals surface area contributed by atoms with E-state index in [1.165, 1.54) is 16.7 Å². The van der Waals surface area contributed by atoms with E-state index in [2.05, 4.69) is 37.3 Å². The molecule has 0 saturated heterocycles. The molecule has 19 heavy (non-hydrogen) atoms. The van der Waals surface area contributed by atoms with Gasteiger partial charge >= 0.3 is 0 Å². The summed E-state index contributed by atoms with van der Waals surface area (Å²) in [6.45, 7) is 3.39. The Morgan fingerprint density at radius 1 is 0.947 bits per heavy atom. The summed E-state index contributed by atoms with van der Waals surface area (Å²) in [6, 6.07) is 18.6. The van der Waals surface area contributed by atoms with E-state index in [0.717, 1.165) is 6.42 Å². The fraction of sp³-hybridized carbons (Fsp3) is 0.294. The first kappa shape index (κ1) is 13.8. The monoisotopic (exact) mass is 255 g/mol. The van der Waals surface area contributed by atoms with Crippen molar-refractivity contribution >= 4 is 0 Å². The summed E-state index contributed by atoms with van der Waals surface area (Å²) in [6.07, 6.45) is 1.01. The molecule has 0 bridgehead atoms. The Morgan fingerprint density at radius 3 is 2.26 bits per heavy atom. The van der Waals surface area contributed by atoms with Crippen LogP contribution in [-0.4, -0.2) is 6.54 Å². The lowest BCUT2D eigenvalue weighted by atomic mass is 10.1. The topological polar surface area (TPSA) is 35.2 Å². The van der Waals surface area contributed by atoms with Gasteiger partial charge in [0, 0.05) is 0 Å². The summed E-state index contributed by atoms with van der Waals surface area (Å²) in [5.41, 5.74) is 9.36. The van der Waals surface area contributed by atoms with Crippen molar-refractivity contribution in [1.82, 2.24) is 0 Å². The van der Waals surface area contributed by atoms with E-state index in [-0.39, 0.29) is 6.10 Å². The molecule has 0 spiro atoms. The first-order valence-corrected chi connectivity index (χ1v) is 6.74. The second-order valence-corrected chi connectivity index (χ2v) is 4.67. The lowest BCUT2D eigenvalue weighted by Gasteiger charge is -2.15. The second kappa shape index (κ2) is 7.07. The standard InChI is InChI=1S/C17H21NO/c1-14(15-7-3-2-4-8-15)19-13-17-10-6-5-9-16(17)11-12-18/h2-10,14H,11-13,18H2,1H3. The van der Waals surface area contributed by atoms with Crippen LogP contribution >= 0.6 is 0 Å². The highest BCUT2D eigenvalue weighted by atomic mass is 16.5. The lowest BCUT2D eigenvalue weighted by molar-refractivity contribution is 0.0521. The van der Waals surface area contributed by atoms with Crippen LogP contribution < -0.4 is 5.73 Å². The largest absolute Gasteiger partial charge is 0.369 e. The van der Waals surface area contributed by atoms with Crippen molar-refractivity contribution in [2.45, 2.75) is 26.1 Å². The Labute approximate surface area is 115 Å². The molecule has 2 aromatic carbocycles. The maximum Gasteiger partial charge on any atom is 0.0801 e. The van der Waals surface area contributed by atoms with Gasteiger partial charge in [0.2, 0.25) is 0 Å². The third-order valence-electron chi connectivity index (χ3n) is 3.29. The van der Waals surface area contributed by atoms with Gasteiger partial charge in [-0.25, -0.2) is 0 Å². The second-order valence-electron chi connectivity index (χ2n) is 4.67. The average molecular weight is 255 g/mol. The molecule has 2 aromatic rings. The van der Waals surface area contributed by atoms with Crippen LogP contribution in [0.5, 0.6) is 0 Å². The molecule has 0 amide bonds. The number of rotatable bonds is 6. The maximum absolute atomic E-state index is 5.96. The van der Waals surface area contributed by atoms with Gasteiger partial charge in [0.1, 0.15) is 0 Å². The molecular formula is C17H21NO. The Morgan fingerprint density at radius 2 is 1.58 bits per heavy atom. The van der Waals surface area contributed by atoms with Crippen LogP contribution in [0, 0.1) is 0 Å². The number of benzene rings is 2. The van der Waals surface area contributed by atoms with Crippen molar-refractivity contribution in [1.29, 1.82) is 0 Å². The zero-order chi connectivity index (χ0) is 13.5. The van der Waals surface area contributed by atoms with Gasteiger partial charge in [0.15, 0.2) is 0 Å². The molecule has 2 rings (SSSR count). The zero-order valence-electron chi connectivity index (χ0n) is 11.4. The number of ether oxygens (including phenoxy) is 1. The van der Waals surface area contributed by atoms with Gasteiger partial charge in [0.25, 0.3) is 0 Å². The highest BCUT2D eigenvalue weighted by Gasteiger charge is 2.07. The van der Waals surface area contributed by atoms with Crippen LogP contribution in [0.4, 0.5) is 0 Å². The predicted molar refractivity (Wildman–Crippen MR) is 78.8 cm³/mol. The molecule has 2 heteroatoms. The van der Waals surface area contributed by atoms with E-state index >= 15 is 0 Å². The minimum Gasteiger partial charge on any atom is -0.369 e. The Hall–Kier alpha value is -1.64. The minimum absolute atomic E-state index is 0.104. The van der Waals surface area contributed by atoms with E-state index in [9.17, 15) is 0 Å². The first-order valence-electron chi connectivity index (χ1n) is 6.74. The van der Waals surface area contributed by atoms with Crippen molar-refractivity contribution in [2.75, 3.05) is 6.54 Å². The van der Waals surface area contributed by atoms with Gasteiger partial charge in [-0.1, -0.05) is 54.6 Å². The molecule has 0 aliphatic rings. The van der Waals surface area contributed by atoms with Gasteiger partial charge in [-0.3, -0.25) is 0 Å². The van der Waals surface area contributed by atoms with E-state index in [4.69, 9.17) is 10.5 Å². The summed E-state index contributed by atoms with van der Waals surface area (Å²) in [5.74, 6) is 0. The molecule has 2 nitrogen and oxygen atoms in total. The van der Waals surface area contributed by atoms with Crippen molar-refractivity contribution in [3.05, 3.63) is 71.3 Å². The Balaban J connectivity index is 1.99. The van der Waals surface area contributed by atoms with Crippen LogP contribution in [0.2, 0.25) is 0 Å². The highest BCUT2D eigenvalue weighted by molar-refractivity contribution is 5.27. The molecule has 0 heterocycles. The molecule has 1 unspecified atom stereocenters. The smallest absolute Gasteiger partial charge is 0.0801 e. The summed E-state index contributed by atoms with van der Waals surface area (Å²) in [5, 5.41) is 0. The molecule has 0 aliphatic carbocycles. The average Bonchev–Trinajstić information content (AvgIpc) is 2.47. The van der Waals surface area contributed by atoms with Gasteiger partial charge in [-0.2, -0.15) is 0 Å². The summed E-state index contributed by atoms with van der Waals surface area (Å²) in [4.78, 5) is 0. The third-order valence-corrected chi connectivity index (χ3v) is 3.29. The summed E-state index contributed by atoms with van der Waals surface area (Å²) >= 11 is 0. The Bertz CT molecular complexity index is 496. The van der Waals surface area contributed by atoms with Gasteiger partial charge in [0.05, 0.1) is 12.7 Å². The lowest BCUT2D eigenvalue weighted by Crippen LogP contribution is -2.07. The van der Waals surface area contributed by atoms with Crippen molar-refractivity contribution < 1.29 is 4.74 Å². The Kier molecular flexibility index (Phi) is 5.13. The van der Waals surface area contributed by atoms with Gasteiger partial charge < -0.3 is 10.5 Å². The predicted octanol–water partition coefficient (Wildman–Crippen LogP) is 3.47. The first-order chi connectivity index (χ1) is 9.31. The summed E-state index contributed by atoms with van der Waals surface area (Å²) in [7, 11) is 0. The number of hydrogen-bond donors (Lipinski definition) is 1. The zero-order valence-corrected chi connectivity index (χ0v) is 11.4. The fourth-order valence-electron chi connectivity index (χ4n) is 2.13. The van der Waals surface area contributed by atoms with Crippen LogP contribution in [0.15, 0.2) is 54.6 Å². The quantitative estimate of drug-likeness (QED) is 0.858. The number of hydrogen-bond acceptors (Lipinski definition) is 2. The molecular weight excluding hydrogens is 234 g/mol. The minimum atomic E-state index is 0.104. The fourth-order valence-corrected chi connectivity index (χ4v) is 2.13. The maximum atomic E-state index is 5.96. The van der Waals surface area contributed by atoms with Crippen LogP contribution in [0.25, 0.3) is 0 Å². The van der Waals surface area contributed by atoms with E-state index in [1.807, 2.05) is 24.3 Å². The molecule has 0 saturated carbocycles. The van der Waals surface area contributed by atoms with Crippen LogP contribution in [0.1, 0.15) is 29.7 Å². The molecule has 1 atom stereocenters. The molecule has 0 radical (unpaired) electrons. The van der Waals surface area contributed by atoms with Crippen molar-refractivity contribution in [2.24, 2.45) is 5.73 Å². The molecule has 2 N–H and O–H groups in total. The molecule has 0 aromatic heterocycles. The molecule has 0 fully saturated rings. The highest BCUT2D eigenvalue weighted by Crippen LogP contribution is 2.19. The number of nitrogens with two attached hydrogens (primary N) is 1. The van der Waals surface area contributed by atoms with Gasteiger partial charge in [-0.15, -0.1) is 0 Å². The SMILES string of the molecule is CC(OCc1ccccc1CCN)c1ccccc1. The third kappa shape index (κ3) is 3.91. The van der Waals surface area contributed by atoms with Crippen LogP contribution in [0.3, 0.4) is 0 Å². The molecule has 0 aliphatic heterocycles. The molecule has 100 valence electrons. The van der Waals surface area contributed by atoms with Crippen molar-refractivity contribution in [3.8, 4) is 0 Å². The van der Waals surface area contributed by atoms with E-state index in [0.29, 0.717) is 13.2 Å². The van der Waals surface area contributed by atoms with E-state index in [1.54, 1.807) is 0 Å². The normalized spacial score (nSPS) is 12.3.